The number of aromatic nitrogens is 2. The highest BCUT2D eigenvalue weighted by atomic mass is 127. The van der Waals surface area contributed by atoms with E-state index in [4.69, 9.17) is 0 Å². The van der Waals surface area contributed by atoms with Crippen LogP contribution in [-0.2, 0) is 13.6 Å². The number of aryl methyl sites for hydroxylation is 1. The van der Waals surface area contributed by atoms with Gasteiger partial charge < -0.3 is 10.6 Å². The van der Waals surface area contributed by atoms with E-state index in [-0.39, 0.29) is 24.0 Å². The van der Waals surface area contributed by atoms with Crippen LogP contribution in [-0.4, -0.2) is 28.3 Å². The Balaban J connectivity index is 0.00000200. The smallest absolute Gasteiger partial charge is 0.191 e. The van der Waals surface area contributed by atoms with Gasteiger partial charge >= 0.3 is 0 Å². The summed E-state index contributed by atoms with van der Waals surface area (Å²) in [5, 5.41) is 11.0. The number of hydrogen-bond acceptors (Lipinski definition) is 2. The first-order chi connectivity index (χ1) is 9.28. The van der Waals surface area contributed by atoms with Gasteiger partial charge in [-0.15, -0.1) is 24.0 Å². The van der Waals surface area contributed by atoms with E-state index >= 15 is 0 Å². The van der Waals surface area contributed by atoms with Gasteiger partial charge in [-0.3, -0.25) is 4.68 Å². The number of rotatable bonds is 4. The molecule has 5 nitrogen and oxygen atoms in total. The lowest BCUT2D eigenvalue weighted by molar-refractivity contribution is 0.410. The van der Waals surface area contributed by atoms with E-state index in [2.05, 4.69) is 27.6 Å². The molecule has 0 radical (unpaired) electrons. The van der Waals surface area contributed by atoms with Crippen molar-refractivity contribution in [2.24, 2.45) is 12.0 Å². The first-order valence-corrected chi connectivity index (χ1v) is 7.30. The van der Waals surface area contributed by atoms with Crippen LogP contribution in [0.4, 0.5) is 0 Å². The van der Waals surface area contributed by atoms with Gasteiger partial charge in [0.15, 0.2) is 5.96 Å². The number of aliphatic imine (C=N–C) groups is 1. The Kier molecular flexibility index (Phi) is 7.94. The molecule has 1 fully saturated rings. The second-order valence-corrected chi connectivity index (χ2v) is 5.20. The molecule has 1 aromatic rings. The van der Waals surface area contributed by atoms with Gasteiger partial charge in [0.25, 0.3) is 0 Å². The molecule has 0 aliphatic heterocycles. The van der Waals surface area contributed by atoms with Gasteiger partial charge in [0, 0.05) is 31.4 Å². The predicted octanol–water partition coefficient (Wildman–Crippen LogP) is 2.43. The Labute approximate surface area is 138 Å². The summed E-state index contributed by atoms with van der Waals surface area (Å²) in [5.41, 5.74) is 1.14. The second-order valence-electron chi connectivity index (χ2n) is 5.20. The molecule has 0 unspecified atom stereocenters. The van der Waals surface area contributed by atoms with Crippen LogP contribution in [0.5, 0.6) is 0 Å². The van der Waals surface area contributed by atoms with Gasteiger partial charge in [-0.1, -0.05) is 19.3 Å². The van der Waals surface area contributed by atoms with Crippen LogP contribution in [0.15, 0.2) is 17.4 Å². The van der Waals surface area contributed by atoms with Crippen LogP contribution in [0, 0.1) is 0 Å². The molecule has 2 rings (SSSR count). The summed E-state index contributed by atoms with van der Waals surface area (Å²) < 4.78 is 1.81. The standard InChI is InChI=1S/C14H25N5.HI/c1-3-15-14(18-13-7-5-4-6-8-13)16-9-12-10-17-19(2)11-12;/h10-11,13H,3-9H2,1-2H3,(H2,15,16,18);1H. The molecule has 0 spiro atoms. The number of guanidine groups is 1. The summed E-state index contributed by atoms with van der Waals surface area (Å²) in [4.78, 5) is 4.63. The average molecular weight is 391 g/mol. The second kappa shape index (κ2) is 9.20. The van der Waals surface area contributed by atoms with Crippen molar-refractivity contribution in [1.82, 2.24) is 20.4 Å². The van der Waals surface area contributed by atoms with E-state index in [1.165, 1.54) is 32.1 Å². The third kappa shape index (κ3) is 5.68. The Morgan fingerprint density at radius 3 is 2.75 bits per heavy atom. The first kappa shape index (κ1) is 17.3. The molecule has 1 saturated carbocycles. The Bertz CT molecular complexity index is 409. The minimum absolute atomic E-state index is 0. The summed E-state index contributed by atoms with van der Waals surface area (Å²) in [6.45, 7) is 3.67. The van der Waals surface area contributed by atoms with E-state index < -0.39 is 0 Å². The molecule has 1 aromatic heterocycles. The van der Waals surface area contributed by atoms with Crippen LogP contribution in [0.25, 0.3) is 0 Å². The maximum absolute atomic E-state index is 4.63. The summed E-state index contributed by atoms with van der Waals surface area (Å²) in [6.07, 6.45) is 10.4. The minimum Gasteiger partial charge on any atom is -0.357 e. The minimum atomic E-state index is 0. The lowest BCUT2D eigenvalue weighted by Gasteiger charge is -2.24. The highest BCUT2D eigenvalue weighted by Crippen LogP contribution is 2.17. The Morgan fingerprint density at radius 1 is 1.40 bits per heavy atom. The zero-order valence-electron chi connectivity index (χ0n) is 12.4. The molecule has 0 amide bonds. The fourth-order valence-electron chi connectivity index (χ4n) is 2.48. The predicted molar refractivity (Wildman–Crippen MR) is 93.4 cm³/mol. The SMILES string of the molecule is CCNC(=NCc1cnn(C)c1)NC1CCCCC1.I. The van der Waals surface area contributed by atoms with E-state index in [9.17, 15) is 0 Å². The third-order valence-electron chi connectivity index (χ3n) is 3.47. The quantitative estimate of drug-likeness (QED) is 0.471. The molecule has 2 N–H and O–H groups in total. The highest BCUT2D eigenvalue weighted by molar-refractivity contribution is 14.0. The van der Waals surface area contributed by atoms with Crippen molar-refractivity contribution in [1.29, 1.82) is 0 Å². The third-order valence-corrected chi connectivity index (χ3v) is 3.47. The molecule has 0 saturated heterocycles. The molecule has 0 aromatic carbocycles. The van der Waals surface area contributed by atoms with Crippen molar-refractivity contribution in [2.45, 2.75) is 51.6 Å². The van der Waals surface area contributed by atoms with Crippen LogP contribution in [0.3, 0.4) is 0 Å². The van der Waals surface area contributed by atoms with Gasteiger partial charge in [-0.05, 0) is 19.8 Å². The molecule has 1 aliphatic carbocycles. The fraction of sp³-hybridized carbons (Fsp3) is 0.714. The van der Waals surface area contributed by atoms with Crippen molar-refractivity contribution in [3.8, 4) is 0 Å². The average Bonchev–Trinajstić information content (AvgIpc) is 2.83. The summed E-state index contributed by atoms with van der Waals surface area (Å²) in [5.74, 6) is 0.929. The number of nitrogens with one attached hydrogen (secondary N) is 2. The number of nitrogens with zero attached hydrogens (tertiary/aromatic N) is 3. The van der Waals surface area contributed by atoms with Crippen molar-refractivity contribution in [2.75, 3.05) is 6.54 Å². The van der Waals surface area contributed by atoms with E-state index in [0.717, 1.165) is 18.1 Å². The first-order valence-electron chi connectivity index (χ1n) is 7.30. The van der Waals surface area contributed by atoms with Gasteiger partial charge in [-0.25, -0.2) is 4.99 Å². The monoisotopic (exact) mass is 391 g/mol. The van der Waals surface area contributed by atoms with Crippen molar-refractivity contribution in [3.63, 3.8) is 0 Å². The topological polar surface area (TPSA) is 54.2 Å². The maximum atomic E-state index is 4.63. The molecule has 1 aliphatic rings. The molecular formula is C14H26IN5. The summed E-state index contributed by atoms with van der Waals surface area (Å²) in [7, 11) is 1.93. The largest absolute Gasteiger partial charge is 0.357 e. The van der Waals surface area contributed by atoms with Crippen LogP contribution >= 0.6 is 24.0 Å². The van der Waals surface area contributed by atoms with E-state index in [1.807, 2.05) is 24.1 Å². The summed E-state index contributed by atoms with van der Waals surface area (Å²) in [6, 6.07) is 0.584. The zero-order valence-corrected chi connectivity index (χ0v) is 14.8. The summed E-state index contributed by atoms with van der Waals surface area (Å²) >= 11 is 0. The highest BCUT2D eigenvalue weighted by Gasteiger charge is 2.14. The molecule has 20 heavy (non-hydrogen) atoms. The fourth-order valence-corrected chi connectivity index (χ4v) is 2.48. The van der Waals surface area contributed by atoms with Crippen LogP contribution in [0.1, 0.15) is 44.6 Å². The molecular weight excluding hydrogens is 365 g/mol. The van der Waals surface area contributed by atoms with Crippen molar-refractivity contribution >= 4 is 29.9 Å². The van der Waals surface area contributed by atoms with Crippen molar-refractivity contribution < 1.29 is 0 Å². The van der Waals surface area contributed by atoms with Gasteiger partial charge in [0.2, 0.25) is 0 Å². The lowest BCUT2D eigenvalue weighted by atomic mass is 9.96. The van der Waals surface area contributed by atoms with Crippen LogP contribution < -0.4 is 10.6 Å². The normalized spacial score (nSPS) is 16.6. The van der Waals surface area contributed by atoms with E-state index in [0.29, 0.717) is 12.6 Å². The lowest BCUT2D eigenvalue weighted by Crippen LogP contribution is -2.44. The van der Waals surface area contributed by atoms with Crippen LogP contribution in [0.2, 0.25) is 0 Å². The molecule has 1 heterocycles. The zero-order chi connectivity index (χ0) is 13.5. The van der Waals surface area contributed by atoms with Gasteiger partial charge in [0.1, 0.15) is 0 Å². The molecule has 6 heteroatoms. The molecule has 0 atom stereocenters. The molecule has 114 valence electrons. The number of halogens is 1. The van der Waals surface area contributed by atoms with Gasteiger partial charge in [0.05, 0.1) is 12.7 Å². The molecule has 0 bridgehead atoms. The Hall–Kier alpha value is -0.790. The number of hydrogen-bond donors (Lipinski definition) is 2. The van der Waals surface area contributed by atoms with Crippen molar-refractivity contribution in [3.05, 3.63) is 18.0 Å². The maximum Gasteiger partial charge on any atom is 0.191 e. The van der Waals surface area contributed by atoms with Gasteiger partial charge in [-0.2, -0.15) is 5.10 Å². The Morgan fingerprint density at radius 2 is 2.15 bits per heavy atom. The van der Waals surface area contributed by atoms with E-state index in [1.54, 1.807) is 0 Å².